The molecule has 0 aliphatic heterocycles. The molecule has 4 rings (SSSR count). The fraction of sp³-hybridized carbons (Fsp3) is 0.211. The number of rotatable bonds is 5. The van der Waals surface area contributed by atoms with E-state index in [2.05, 4.69) is 50.5 Å². The highest BCUT2D eigenvalue weighted by Crippen LogP contribution is 2.22. The fourth-order valence-corrected chi connectivity index (χ4v) is 3.82. The third-order valence-electron chi connectivity index (χ3n) is 4.33. The number of aryl methyl sites for hydroxylation is 1. The molecule has 0 amide bonds. The van der Waals surface area contributed by atoms with Crippen LogP contribution in [0.25, 0.3) is 21.9 Å². The van der Waals surface area contributed by atoms with Gasteiger partial charge < -0.3 is 4.57 Å². The number of carbonyl (C=O) groups is 1. The predicted octanol–water partition coefficient (Wildman–Crippen LogP) is 4.02. The van der Waals surface area contributed by atoms with Gasteiger partial charge in [-0.15, -0.1) is 0 Å². The maximum Gasteiger partial charge on any atom is 0.131 e. The van der Waals surface area contributed by atoms with E-state index in [4.69, 9.17) is 4.98 Å². The second-order valence-corrected chi connectivity index (χ2v) is 7.11. The van der Waals surface area contributed by atoms with Crippen LogP contribution >= 0.6 is 22.6 Å². The molecule has 0 bridgehead atoms. The van der Waals surface area contributed by atoms with Gasteiger partial charge in [0.15, 0.2) is 0 Å². The average Bonchev–Trinajstić information content (AvgIpc) is 3.11. The number of nitrogens with zero attached hydrogens (tertiary/aromatic N) is 4. The predicted molar refractivity (Wildman–Crippen MR) is 107 cm³/mol. The lowest BCUT2D eigenvalue weighted by atomic mass is 10.2. The number of Topliss-reactive ketones (excluding diaryl/α,β-unsaturated/α-hetero) is 1. The molecular weight excluding hydrogens is 427 g/mol. The standard InChI is InChI=1S/C19H17IN4O/c1-13(25)10-11-23-17-9-5-3-7-15(17)21-18(23)12-24-16-8-4-2-6-14(16)19(20)22-24/h2-9H,10-12H2,1H3. The normalized spacial score (nSPS) is 11.4. The minimum atomic E-state index is 0.183. The first-order chi connectivity index (χ1) is 12.1. The van der Waals surface area contributed by atoms with Crippen molar-refractivity contribution in [2.45, 2.75) is 26.4 Å². The molecule has 0 aliphatic carbocycles. The monoisotopic (exact) mass is 444 g/mol. The number of benzene rings is 2. The maximum absolute atomic E-state index is 11.5. The zero-order valence-electron chi connectivity index (χ0n) is 13.8. The molecular formula is C19H17IN4O. The Morgan fingerprint density at radius 3 is 2.60 bits per heavy atom. The summed E-state index contributed by atoms with van der Waals surface area (Å²) >= 11 is 2.27. The van der Waals surface area contributed by atoms with Crippen LogP contribution < -0.4 is 0 Å². The van der Waals surface area contributed by atoms with E-state index in [9.17, 15) is 4.79 Å². The Bertz CT molecular complexity index is 1080. The molecule has 0 spiro atoms. The van der Waals surface area contributed by atoms with Crippen molar-refractivity contribution in [3.63, 3.8) is 0 Å². The van der Waals surface area contributed by atoms with E-state index in [1.807, 2.05) is 35.0 Å². The highest BCUT2D eigenvalue weighted by Gasteiger charge is 2.14. The second kappa shape index (κ2) is 6.59. The van der Waals surface area contributed by atoms with Gasteiger partial charge in [0, 0.05) is 18.4 Å². The summed E-state index contributed by atoms with van der Waals surface area (Å²) in [5, 5.41) is 5.82. The molecule has 0 radical (unpaired) electrons. The summed E-state index contributed by atoms with van der Waals surface area (Å²) in [5.74, 6) is 1.11. The van der Waals surface area contributed by atoms with Crippen LogP contribution in [0.2, 0.25) is 0 Å². The van der Waals surface area contributed by atoms with Gasteiger partial charge in [-0.3, -0.25) is 9.48 Å². The molecule has 0 atom stereocenters. The molecule has 0 fully saturated rings. The molecule has 6 heteroatoms. The highest BCUT2D eigenvalue weighted by molar-refractivity contribution is 14.1. The zero-order valence-corrected chi connectivity index (χ0v) is 16.0. The number of halogens is 1. The Labute approximate surface area is 158 Å². The quantitative estimate of drug-likeness (QED) is 0.437. The summed E-state index contributed by atoms with van der Waals surface area (Å²) in [6.07, 6.45) is 0.505. The molecule has 2 aromatic heterocycles. The van der Waals surface area contributed by atoms with Gasteiger partial charge in [0.2, 0.25) is 0 Å². The molecule has 2 heterocycles. The van der Waals surface area contributed by atoms with E-state index in [-0.39, 0.29) is 5.78 Å². The summed E-state index contributed by atoms with van der Waals surface area (Å²) in [6, 6.07) is 16.3. The van der Waals surface area contributed by atoms with E-state index in [1.54, 1.807) is 6.92 Å². The largest absolute Gasteiger partial charge is 0.326 e. The summed E-state index contributed by atoms with van der Waals surface area (Å²) in [5.41, 5.74) is 3.11. The lowest BCUT2D eigenvalue weighted by Gasteiger charge is -2.09. The summed E-state index contributed by atoms with van der Waals surface area (Å²) in [7, 11) is 0. The van der Waals surface area contributed by atoms with Gasteiger partial charge in [-0.1, -0.05) is 30.3 Å². The van der Waals surface area contributed by atoms with Crippen molar-refractivity contribution in [2.75, 3.05) is 0 Å². The third kappa shape index (κ3) is 3.06. The first kappa shape index (κ1) is 16.3. The third-order valence-corrected chi connectivity index (χ3v) is 5.12. The van der Waals surface area contributed by atoms with Crippen molar-refractivity contribution in [1.29, 1.82) is 0 Å². The summed E-state index contributed by atoms with van der Waals surface area (Å²) in [6.45, 7) is 2.85. The van der Waals surface area contributed by atoms with Gasteiger partial charge in [0.1, 0.15) is 15.3 Å². The number of hydrogen-bond acceptors (Lipinski definition) is 3. The summed E-state index contributed by atoms with van der Waals surface area (Å²) in [4.78, 5) is 16.3. The van der Waals surface area contributed by atoms with Crippen LogP contribution in [0.1, 0.15) is 19.2 Å². The Morgan fingerprint density at radius 2 is 1.80 bits per heavy atom. The van der Waals surface area contributed by atoms with Crippen LogP contribution in [0.5, 0.6) is 0 Å². The number of imidazole rings is 1. The smallest absolute Gasteiger partial charge is 0.131 e. The Kier molecular flexibility index (Phi) is 4.29. The fourth-order valence-electron chi connectivity index (χ4n) is 3.11. The van der Waals surface area contributed by atoms with Gasteiger partial charge >= 0.3 is 0 Å². The van der Waals surface area contributed by atoms with Crippen molar-refractivity contribution >= 4 is 50.3 Å². The van der Waals surface area contributed by atoms with Gasteiger partial charge in [-0.05, 0) is 47.7 Å². The number of carbonyl (C=O) groups excluding carboxylic acids is 1. The Morgan fingerprint density at radius 1 is 1.08 bits per heavy atom. The van der Waals surface area contributed by atoms with Gasteiger partial charge in [0.25, 0.3) is 0 Å². The highest BCUT2D eigenvalue weighted by atomic mass is 127. The molecule has 0 saturated carbocycles. The van der Waals surface area contributed by atoms with Gasteiger partial charge in [-0.2, -0.15) is 5.10 Å². The summed E-state index contributed by atoms with van der Waals surface area (Å²) < 4.78 is 5.11. The first-order valence-corrected chi connectivity index (χ1v) is 9.26. The number of aromatic nitrogens is 4. The first-order valence-electron chi connectivity index (χ1n) is 8.18. The number of hydrogen-bond donors (Lipinski definition) is 0. The minimum absolute atomic E-state index is 0.183. The van der Waals surface area contributed by atoms with E-state index < -0.39 is 0 Å². The molecule has 0 aliphatic rings. The zero-order chi connectivity index (χ0) is 17.4. The van der Waals surface area contributed by atoms with Crippen molar-refractivity contribution < 1.29 is 4.79 Å². The van der Waals surface area contributed by atoms with Crippen LogP contribution in [0.3, 0.4) is 0 Å². The lowest BCUT2D eigenvalue weighted by molar-refractivity contribution is -0.117. The van der Waals surface area contributed by atoms with Crippen molar-refractivity contribution in [3.05, 3.63) is 58.1 Å². The maximum atomic E-state index is 11.5. The number of para-hydroxylation sites is 3. The van der Waals surface area contributed by atoms with Crippen molar-refractivity contribution in [3.8, 4) is 0 Å². The lowest BCUT2D eigenvalue weighted by Crippen LogP contribution is -2.11. The van der Waals surface area contributed by atoms with E-state index in [0.29, 0.717) is 19.5 Å². The topological polar surface area (TPSA) is 52.7 Å². The Balaban J connectivity index is 1.80. The van der Waals surface area contributed by atoms with Crippen molar-refractivity contribution in [1.82, 2.24) is 19.3 Å². The number of fused-ring (bicyclic) bond motifs is 2. The van der Waals surface area contributed by atoms with E-state index in [1.165, 1.54) is 0 Å². The van der Waals surface area contributed by atoms with E-state index in [0.717, 1.165) is 31.5 Å². The van der Waals surface area contributed by atoms with Crippen LogP contribution in [0.15, 0.2) is 48.5 Å². The molecule has 25 heavy (non-hydrogen) atoms. The Hall–Kier alpha value is -2.22. The molecule has 126 valence electrons. The van der Waals surface area contributed by atoms with Crippen LogP contribution in [-0.2, 0) is 17.9 Å². The molecule has 5 nitrogen and oxygen atoms in total. The van der Waals surface area contributed by atoms with Crippen molar-refractivity contribution in [2.24, 2.45) is 0 Å². The molecule has 0 saturated heterocycles. The van der Waals surface area contributed by atoms with Crippen LogP contribution in [0.4, 0.5) is 0 Å². The second-order valence-electron chi connectivity index (χ2n) is 6.09. The molecule has 2 aromatic carbocycles. The minimum Gasteiger partial charge on any atom is -0.326 e. The SMILES string of the molecule is CC(=O)CCn1c(Cn2nc(I)c3ccccc32)nc2ccccc21. The average molecular weight is 444 g/mol. The van der Waals surface area contributed by atoms with Crippen LogP contribution in [0, 0.1) is 3.70 Å². The van der Waals surface area contributed by atoms with Gasteiger partial charge in [-0.25, -0.2) is 4.98 Å². The van der Waals surface area contributed by atoms with Crippen LogP contribution in [-0.4, -0.2) is 25.1 Å². The number of ketones is 1. The molecule has 4 aromatic rings. The molecule has 0 unspecified atom stereocenters. The molecule has 0 N–H and O–H groups in total. The van der Waals surface area contributed by atoms with Gasteiger partial charge in [0.05, 0.1) is 23.1 Å². The van der Waals surface area contributed by atoms with E-state index >= 15 is 0 Å².